The second kappa shape index (κ2) is 4.82. The minimum Gasteiger partial charge on any atom is -0.397 e. The minimum atomic E-state index is -0.541. The lowest BCUT2D eigenvalue weighted by atomic mass is 10.1. The van der Waals surface area contributed by atoms with Crippen molar-refractivity contribution < 1.29 is 9.18 Å². The molecular weight excluding hydrogens is 197 g/mol. The third-order valence-electron chi connectivity index (χ3n) is 2.35. The van der Waals surface area contributed by atoms with Crippen LogP contribution in [0.1, 0.15) is 29.4 Å². The van der Waals surface area contributed by atoms with Gasteiger partial charge in [0.1, 0.15) is 5.69 Å². The molecule has 0 aliphatic carbocycles. The van der Waals surface area contributed by atoms with E-state index in [1.54, 1.807) is 10.8 Å². The second-order valence-corrected chi connectivity index (χ2v) is 3.36. The lowest BCUT2D eigenvalue weighted by Gasteiger charge is -2.02. The largest absolute Gasteiger partial charge is 0.397 e. The molecule has 0 unspecified atom stereocenters. The average Bonchev–Trinajstić information content (AvgIpc) is 2.52. The first-order valence-corrected chi connectivity index (χ1v) is 4.95. The zero-order chi connectivity index (χ0) is 11.4. The Morgan fingerprint density at radius 3 is 2.67 bits per heavy atom. The number of rotatable bonds is 5. The zero-order valence-corrected chi connectivity index (χ0v) is 8.79. The second-order valence-electron chi connectivity index (χ2n) is 3.36. The third-order valence-corrected chi connectivity index (χ3v) is 2.35. The highest BCUT2D eigenvalue weighted by atomic mass is 19.1. The van der Waals surface area contributed by atoms with E-state index in [4.69, 9.17) is 11.5 Å². The summed E-state index contributed by atoms with van der Waals surface area (Å²) in [5, 5.41) is 0. The fourth-order valence-corrected chi connectivity index (χ4v) is 1.61. The van der Waals surface area contributed by atoms with Gasteiger partial charge in [0, 0.05) is 12.7 Å². The Morgan fingerprint density at radius 1 is 1.60 bits per heavy atom. The van der Waals surface area contributed by atoms with E-state index in [-0.39, 0.29) is 6.67 Å². The molecule has 0 aliphatic heterocycles. The summed E-state index contributed by atoms with van der Waals surface area (Å²) in [6.45, 7) is 2.13. The molecule has 0 aromatic carbocycles. The molecule has 0 saturated carbocycles. The molecule has 1 heterocycles. The van der Waals surface area contributed by atoms with Crippen LogP contribution in [0.5, 0.6) is 0 Å². The molecule has 1 amide bonds. The van der Waals surface area contributed by atoms with Crippen LogP contribution in [-0.2, 0) is 13.0 Å². The maximum absolute atomic E-state index is 12.0. The molecule has 1 aromatic heterocycles. The van der Waals surface area contributed by atoms with Gasteiger partial charge in [0.25, 0.3) is 5.91 Å². The van der Waals surface area contributed by atoms with Gasteiger partial charge < -0.3 is 16.0 Å². The normalized spacial score (nSPS) is 10.5. The van der Waals surface area contributed by atoms with Gasteiger partial charge in [-0.05, 0) is 25.3 Å². The maximum atomic E-state index is 12.0. The summed E-state index contributed by atoms with van der Waals surface area (Å²) >= 11 is 0. The van der Waals surface area contributed by atoms with Crippen molar-refractivity contribution in [3.8, 4) is 0 Å². The molecule has 0 bridgehead atoms. The quantitative estimate of drug-likeness (QED) is 0.768. The Bertz CT molecular complexity index is 360. The molecule has 15 heavy (non-hydrogen) atoms. The van der Waals surface area contributed by atoms with Crippen LogP contribution in [0, 0.1) is 0 Å². The molecule has 0 aliphatic rings. The van der Waals surface area contributed by atoms with Gasteiger partial charge in [-0.2, -0.15) is 0 Å². The molecular formula is C10H16FN3O. The fraction of sp³-hybridized carbons (Fsp3) is 0.500. The number of carbonyl (C=O) groups excluding carboxylic acids is 1. The predicted molar refractivity (Wildman–Crippen MR) is 57.3 cm³/mol. The van der Waals surface area contributed by atoms with Crippen molar-refractivity contribution >= 4 is 11.6 Å². The molecule has 0 atom stereocenters. The molecule has 5 heteroatoms. The molecule has 4 nitrogen and oxygen atoms in total. The van der Waals surface area contributed by atoms with Crippen molar-refractivity contribution in [2.24, 2.45) is 5.73 Å². The highest BCUT2D eigenvalue weighted by molar-refractivity contribution is 5.97. The van der Waals surface area contributed by atoms with Crippen LogP contribution >= 0.6 is 0 Å². The topological polar surface area (TPSA) is 74.0 Å². The smallest absolute Gasteiger partial charge is 0.267 e. The Labute approximate surface area is 88.0 Å². The third kappa shape index (κ3) is 2.29. The highest BCUT2D eigenvalue weighted by Crippen LogP contribution is 2.21. The fourth-order valence-electron chi connectivity index (χ4n) is 1.61. The molecule has 0 fully saturated rings. The van der Waals surface area contributed by atoms with Crippen molar-refractivity contribution in [1.29, 1.82) is 0 Å². The number of aromatic nitrogens is 1. The number of halogens is 1. The summed E-state index contributed by atoms with van der Waals surface area (Å²) in [6.07, 6.45) is 2.72. The van der Waals surface area contributed by atoms with E-state index < -0.39 is 5.91 Å². The summed E-state index contributed by atoms with van der Waals surface area (Å²) in [7, 11) is 0. The van der Waals surface area contributed by atoms with E-state index in [0.717, 1.165) is 5.56 Å². The summed E-state index contributed by atoms with van der Waals surface area (Å²) in [5.41, 5.74) is 12.5. The van der Waals surface area contributed by atoms with E-state index in [1.165, 1.54) is 0 Å². The summed E-state index contributed by atoms with van der Waals surface area (Å²) in [5.74, 6) is -0.541. The van der Waals surface area contributed by atoms with Crippen LogP contribution in [0.2, 0.25) is 0 Å². The monoisotopic (exact) mass is 213 g/mol. The minimum absolute atomic E-state index is 0.325. The Kier molecular flexibility index (Phi) is 3.71. The van der Waals surface area contributed by atoms with Crippen molar-refractivity contribution in [1.82, 2.24) is 4.57 Å². The van der Waals surface area contributed by atoms with Gasteiger partial charge in [0.15, 0.2) is 0 Å². The summed E-state index contributed by atoms with van der Waals surface area (Å²) in [4.78, 5) is 11.1. The van der Waals surface area contributed by atoms with Crippen molar-refractivity contribution in [3.63, 3.8) is 0 Å². The van der Waals surface area contributed by atoms with E-state index in [9.17, 15) is 9.18 Å². The van der Waals surface area contributed by atoms with Gasteiger partial charge in [-0.15, -0.1) is 0 Å². The number of amides is 1. The molecule has 84 valence electrons. The van der Waals surface area contributed by atoms with Gasteiger partial charge in [0.05, 0.1) is 12.4 Å². The van der Waals surface area contributed by atoms with Crippen LogP contribution in [0.25, 0.3) is 0 Å². The van der Waals surface area contributed by atoms with E-state index >= 15 is 0 Å². The SMILES string of the molecule is CCn1cc(CCCF)c(N)c1C(N)=O. The zero-order valence-electron chi connectivity index (χ0n) is 8.79. The molecule has 0 radical (unpaired) electrons. The van der Waals surface area contributed by atoms with E-state index in [0.29, 0.717) is 30.8 Å². The Balaban J connectivity index is 3.04. The van der Waals surface area contributed by atoms with Crippen LogP contribution in [-0.4, -0.2) is 17.1 Å². The number of hydrogen-bond donors (Lipinski definition) is 2. The van der Waals surface area contributed by atoms with Gasteiger partial charge in [-0.1, -0.05) is 0 Å². The molecule has 4 N–H and O–H groups in total. The first-order valence-electron chi connectivity index (χ1n) is 4.95. The number of nitrogen functional groups attached to an aromatic ring is 1. The number of nitrogens with zero attached hydrogens (tertiary/aromatic N) is 1. The summed E-state index contributed by atoms with van der Waals surface area (Å²) < 4.78 is 13.7. The number of primary amides is 1. The van der Waals surface area contributed by atoms with Crippen LogP contribution in [0.3, 0.4) is 0 Å². The number of anilines is 1. The van der Waals surface area contributed by atoms with Gasteiger partial charge in [0.2, 0.25) is 0 Å². The van der Waals surface area contributed by atoms with Crippen molar-refractivity contribution in [3.05, 3.63) is 17.5 Å². The van der Waals surface area contributed by atoms with Crippen molar-refractivity contribution in [2.75, 3.05) is 12.4 Å². The highest BCUT2D eigenvalue weighted by Gasteiger charge is 2.16. The Morgan fingerprint density at radius 2 is 2.27 bits per heavy atom. The van der Waals surface area contributed by atoms with Gasteiger partial charge in [-0.25, -0.2) is 0 Å². The van der Waals surface area contributed by atoms with E-state index in [2.05, 4.69) is 0 Å². The maximum Gasteiger partial charge on any atom is 0.267 e. The number of alkyl halides is 1. The van der Waals surface area contributed by atoms with Crippen LogP contribution in [0.15, 0.2) is 6.20 Å². The van der Waals surface area contributed by atoms with Gasteiger partial charge >= 0.3 is 0 Å². The standard InChI is InChI=1S/C10H16FN3O/c1-2-14-6-7(4-3-5-11)8(12)9(14)10(13)15/h6H,2-5,12H2,1H3,(H2,13,15). The molecule has 1 rings (SSSR count). The van der Waals surface area contributed by atoms with Gasteiger partial charge in [-0.3, -0.25) is 9.18 Å². The number of hydrogen-bond acceptors (Lipinski definition) is 2. The number of aryl methyl sites for hydroxylation is 2. The molecule has 1 aromatic rings. The Hall–Kier alpha value is -1.52. The lowest BCUT2D eigenvalue weighted by Crippen LogP contribution is -2.17. The molecule has 0 spiro atoms. The predicted octanol–water partition coefficient (Wildman–Crippen LogP) is 1.09. The summed E-state index contributed by atoms with van der Waals surface area (Å²) in [6, 6.07) is 0. The lowest BCUT2D eigenvalue weighted by molar-refractivity contribution is 0.0992. The molecule has 0 saturated heterocycles. The van der Waals surface area contributed by atoms with Crippen molar-refractivity contribution in [2.45, 2.75) is 26.3 Å². The first-order chi connectivity index (χ1) is 7.11. The number of nitrogens with two attached hydrogens (primary N) is 2. The number of carbonyl (C=O) groups is 1. The first kappa shape index (κ1) is 11.6. The van der Waals surface area contributed by atoms with Crippen LogP contribution in [0.4, 0.5) is 10.1 Å². The van der Waals surface area contributed by atoms with Crippen LogP contribution < -0.4 is 11.5 Å². The van der Waals surface area contributed by atoms with E-state index in [1.807, 2.05) is 6.92 Å². The average molecular weight is 213 g/mol.